The molecule has 0 aliphatic carbocycles. The van der Waals surface area contributed by atoms with Crippen molar-refractivity contribution in [3.63, 3.8) is 0 Å². The van der Waals surface area contributed by atoms with E-state index in [1.54, 1.807) is 12.1 Å². The number of halogens is 1. The Hall–Kier alpha value is -3.83. The van der Waals surface area contributed by atoms with Gasteiger partial charge in [0.1, 0.15) is 17.1 Å². The Bertz CT molecular complexity index is 1460. The number of amides is 1. The number of nitrogens with one attached hydrogen (secondary N) is 1. The van der Waals surface area contributed by atoms with Crippen molar-refractivity contribution in [1.29, 1.82) is 0 Å². The molecule has 0 spiro atoms. The Labute approximate surface area is 182 Å². The van der Waals surface area contributed by atoms with Crippen molar-refractivity contribution >= 4 is 45.5 Å². The van der Waals surface area contributed by atoms with Gasteiger partial charge in [-0.05, 0) is 59.7 Å². The van der Waals surface area contributed by atoms with Crippen LogP contribution >= 0.6 is 11.6 Å². The molecule has 31 heavy (non-hydrogen) atoms. The van der Waals surface area contributed by atoms with Crippen LogP contribution in [0, 0.1) is 6.92 Å². The maximum atomic E-state index is 12.5. The van der Waals surface area contributed by atoms with Crippen molar-refractivity contribution in [3.8, 4) is 11.3 Å². The van der Waals surface area contributed by atoms with Crippen LogP contribution < -0.4 is 5.43 Å². The van der Waals surface area contributed by atoms with E-state index in [0.29, 0.717) is 22.1 Å². The van der Waals surface area contributed by atoms with E-state index >= 15 is 0 Å². The molecule has 0 saturated carbocycles. The lowest BCUT2D eigenvalue weighted by Gasteiger charge is -2.02. The quantitative estimate of drug-likeness (QED) is 0.260. The summed E-state index contributed by atoms with van der Waals surface area (Å²) in [4.78, 5) is 12.5. The van der Waals surface area contributed by atoms with Gasteiger partial charge in [0.25, 0.3) is 0 Å². The number of rotatable bonds is 4. The third kappa shape index (κ3) is 3.71. The van der Waals surface area contributed by atoms with Crippen molar-refractivity contribution in [2.24, 2.45) is 5.10 Å². The number of carbonyl (C=O) groups excluding carboxylic acids is 1. The first-order valence-electron chi connectivity index (χ1n) is 9.69. The van der Waals surface area contributed by atoms with E-state index in [1.807, 2.05) is 67.6 Å². The van der Waals surface area contributed by atoms with Crippen molar-refractivity contribution < 1.29 is 13.6 Å². The number of aryl methyl sites for hydroxylation is 1. The minimum atomic E-state index is -0.436. The summed E-state index contributed by atoms with van der Waals surface area (Å²) in [5.41, 5.74) is 5.09. The molecule has 2 heterocycles. The first kappa shape index (κ1) is 19.2. The largest absolute Gasteiger partial charge is 0.455 e. The van der Waals surface area contributed by atoms with E-state index in [-0.39, 0.29) is 5.76 Å². The predicted octanol–water partition coefficient (Wildman–Crippen LogP) is 6.57. The molecular weight excluding hydrogens is 412 g/mol. The molecule has 0 atom stereocenters. The molecule has 152 valence electrons. The second-order valence-electron chi connectivity index (χ2n) is 7.17. The van der Waals surface area contributed by atoms with Crippen LogP contribution in [0.4, 0.5) is 0 Å². The molecule has 0 aliphatic rings. The van der Waals surface area contributed by atoms with Crippen molar-refractivity contribution in [2.75, 3.05) is 0 Å². The first-order chi connectivity index (χ1) is 15.1. The zero-order valence-electron chi connectivity index (χ0n) is 16.6. The average molecular weight is 429 g/mol. The normalized spacial score (nSPS) is 11.5. The minimum absolute atomic E-state index is 0.193. The highest BCUT2D eigenvalue weighted by atomic mass is 35.5. The van der Waals surface area contributed by atoms with Crippen LogP contribution in [-0.4, -0.2) is 12.1 Å². The van der Waals surface area contributed by atoms with Gasteiger partial charge in [-0.2, -0.15) is 5.10 Å². The molecule has 0 bridgehead atoms. The third-order valence-corrected chi connectivity index (χ3v) is 5.33. The number of hydrogen-bond donors (Lipinski definition) is 1. The molecule has 3 aromatic carbocycles. The van der Waals surface area contributed by atoms with E-state index in [9.17, 15) is 4.79 Å². The summed E-state index contributed by atoms with van der Waals surface area (Å²) in [6.07, 6.45) is 1.44. The van der Waals surface area contributed by atoms with Gasteiger partial charge in [-0.15, -0.1) is 0 Å². The summed E-state index contributed by atoms with van der Waals surface area (Å²) >= 11 is 6.09. The molecular formula is C25H17ClN2O3. The highest BCUT2D eigenvalue weighted by molar-refractivity contribution is 6.30. The Morgan fingerprint density at radius 3 is 2.74 bits per heavy atom. The molecule has 0 radical (unpaired) electrons. The predicted molar refractivity (Wildman–Crippen MR) is 123 cm³/mol. The highest BCUT2D eigenvalue weighted by Crippen LogP contribution is 2.29. The second-order valence-corrected chi connectivity index (χ2v) is 7.61. The van der Waals surface area contributed by atoms with Crippen LogP contribution in [0.25, 0.3) is 33.1 Å². The molecule has 0 unspecified atom stereocenters. The van der Waals surface area contributed by atoms with E-state index in [1.165, 1.54) is 6.21 Å². The van der Waals surface area contributed by atoms with E-state index in [2.05, 4.69) is 10.5 Å². The maximum Gasteiger partial charge on any atom is 0.307 e. The average Bonchev–Trinajstić information content (AvgIpc) is 3.43. The monoisotopic (exact) mass is 428 g/mol. The van der Waals surface area contributed by atoms with Gasteiger partial charge in [0.15, 0.2) is 5.76 Å². The molecule has 0 fully saturated rings. The minimum Gasteiger partial charge on any atom is -0.455 e. The third-order valence-electron chi connectivity index (χ3n) is 5.10. The van der Waals surface area contributed by atoms with Crippen LogP contribution in [-0.2, 0) is 0 Å². The number of carbonyl (C=O) groups is 1. The van der Waals surface area contributed by atoms with E-state index < -0.39 is 5.91 Å². The lowest BCUT2D eigenvalue weighted by molar-refractivity contribution is 0.0929. The summed E-state index contributed by atoms with van der Waals surface area (Å²) < 4.78 is 11.5. The maximum absolute atomic E-state index is 12.5. The zero-order valence-corrected chi connectivity index (χ0v) is 17.3. The molecule has 1 amide bonds. The van der Waals surface area contributed by atoms with Crippen molar-refractivity contribution in [3.05, 3.63) is 94.9 Å². The molecule has 0 aliphatic heterocycles. The van der Waals surface area contributed by atoms with Crippen LogP contribution in [0.2, 0.25) is 5.02 Å². The standard InChI is InChI=1S/C25H17ClN2O3/c1-15-6-8-17(26)12-20(15)22-11-9-18(30-22)14-27-28-25(29)24-13-21-19-5-3-2-4-16(19)7-10-23(21)31-24/h2-14H,1H3,(H,28,29)/b27-14+. The van der Waals surface area contributed by atoms with Gasteiger partial charge in [0.05, 0.1) is 6.21 Å². The van der Waals surface area contributed by atoms with E-state index in [0.717, 1.165) is 27.3 Å². The molecule has 0 saturated heterocycles. The number of hydrogen-bond acceptors (Lipinski definition) is 4. The Morgan fingerprint density at radius 1 is 0.968 bits per heavy atom. The first-order valence-corrected chi connectivity index (χ1v) is 10.1. The number of hydrazone groups is 1. The SMILES string of the molecule is Cc1ccc(Cl)cc1-c1ccc(/C=N/NC(=O)c2cc3c(ccc4ccccc43)o2)o1. The molecule has 2 aromatic heterocycles. The van der Waals surface area contributed by atoms with Gasteiger partial charge in [-0.1, -0.05) is 48.0 Å². The topological polar surface area (TPSA) is 67.7 Å². The summed E-state index contributed by atoms with van der Waals surface area (Å²) in [6.45, 7) is 1.98. The number of benzene rings is 3. The Morgan fingerprint density at radius 2 is 1.84 bits per heavy atom. The van der Waals surface area contributed by atoms with Crippen LogP contribution in [0.1, 0.15) is 21.9 Å². The fourth-order valence-electron chi connectivity index (χ4n) is 3.54. The molecule has 5 rings (SSSR count). The van der Waals surface area contributed by atoms with Gasteiger partial charge in [-0.3, -0.25) is 4.79 Å². The molecule has 6 heteroatoms. The van der Waals surface area contributed by atoms with Crippen LogP contribution in [0.15, 0.2) is 86.7 Å². The summed E-state index contributed by atoms with van der Waals surface area (Å²) in [5, 5.41) is 7.64. The molecule has 5 nitrogen and oxygen atoms in total. The fourth-order valence-corrected chi connectivity index (χ4v) is 3.71. The summed E-state index contributed by atoms with van der Waals surface area (Å²) in [5.74, 6) is 0.939. The van der Waals surface area contributed by atoms with Gasteiger partial charge in [0.2, 0.25) is 0 Å². The fraction of sp³-hybridized carbons (Fsp3) is 0.0400. The van der Waals surface area contributed by atoms with Gasteiger partial charge in [0, 0.05) is 16.0 Å². The summed E-state index contributed by atoms with van der Waals surface area (Å²) in [7, 11) is 0. The van der Waals surface area contributed by atoms with Crippen molar-refractivity contribution in [2.45, 2.75) is 6.92 Å². The number of furan rings is 2. The number of nitrogens with zero attached hydrogens (tertiary/aromatic N) is 1. The van der Waals surface area contributed by atoms with Gasteiger partial charge >= 0.3 is 5.91 Å². The molecule has 1 N–H and O–H groups in total. The molecule has 5 aromatic rings. The smallest absolute Gasteiger partial charge is 0.307 e. The highest BCUT2D eigenvalue weighted by Gasteiger charge is 2.13. The lowest BCUT2D eigenvalue weighted by atomic mass is 10.1. The van der Waals surface area contributed by atoms with Crippen LogP contribution in [0.5, 0.6) is 0 Å². The summed E-state index contributed by atoms with van der Waals surface area (Å²) in [6, 6.07) is 22.8. The van der Waals surface area contributed by atoms with Gasteiger partial charge < -0.3 is 8.83 Å². The van der Waals surface area contributed by atoms with Gasteiger partial charge in [-0.25, -0.2) is 5.43 Å². The zero-order chi connectivity index (χ0) is 21.4. The van der Waals surface area contributed by atoms with Crippen molar-refractivity contribution in [1.82, 2.24) is 5.43 Å². The Kier molecular flexibility index (Phi) is 4.81. The lowest BCUT2D eigenvalue weighted by Crippen LogP contribution is -2.16. The van der Waals surface area contributed by atoms with E-state index in [4.69, 9.17) is 20.4 Å². The Balaban J connectivity index is 1.33. The number of fused-ring (bicyclic) bond motifs is 3. The van der Waals surface area contributed by atoms with Crippen LogP contribution in [0.3, 0.4) is 0 Å². The second kappa shape index (κ2) is 7.78.